The second kappa shape index (κ2) is 12.6. The lowest BCUT2D eigenvalue weighted by Crippen LogP contribution is -2.30. The Morgan fingerprint density at radius 3 is 2.16 bits per heavy atom. The standard InChI is InChI=1S/C29H30N4O4S/c30-17-22-10-14-27(15-11-22)38(36,37)33(21-24-5-4-16-31-18-24)20-23-8-12-26(13-9-23)29(35)32-19-28(34)25-6-2-1-3-7-25/h1-16,18,28,34H,17,19-21,30H2,(H,32,35). The van der Waals surface area contributed by atoms with Gasteiger partial charge in [0.05, 0.1) is 11.0 Å². The summed E-state index contributed by atoms with van der Waals surface area (Å²) in [6.45, 7) is 0.633. The maximum atomic E-state index is 13.6. The molecule has 4 rings (SSSR count). The number of aliphatic hydroxyl groups excluding tert-OH is 1. The van der Waals surface area contributed by atoms with Gasteiger partial charge in [-0.3, -0.25) is 9.78 Å². The molecular formula is C29H30N4O4S. The number of carbonyl (C=O) groups is 1. The third kappa shape index (κ3) is 6.90. The fraction of sp³-hybridized carbons (Fsp3) is 0.172. The summed E-state index contributed by atoms with van der Waals surface area (Å²) in [6.07, 6.45) is 2.46. The summed E-state index contributed by atoms with van der Waals surface area (Å²) < 4.78 is 28.5. The zero-order valence-electron chi connectivity index (χ0n) is 20.8. The van der Waals surface area contributed by atoms with Gasteiger partial charge in [0.1, 0.15) is 0 Å². The highest BCUT2D eigenvalue weighted by Gasteiger charge is 2.25. The van der Waals surface area contributed by atoms with Crippen molar-refractivity contribution in [1.82, 2.24) is 14.6 Å². The number of aliphatic hydroxyl groups is 1. The van der Waals surface area contributed by atoms with E-state index in [4.69, 9.17) is 5.73 Å². The lowest BCUT2D eigenvalue weighted by molar-refractivity contribution is 0.0916. The van der Waals surface area contributed by atoms with E-state index in [-0.39, 0.29) is 30.4 Å². The predicted octanol–water partition coefficient (Wildman–Crippen LogP) is 3.39. The Balaban J connectivity index is 1.48. The molecule has 4 N–H and O–H groups in total. The minimum absolute atomic E-state index is 0.0741. The number of nitrogens with zero attached hydrogens (tertiary/aromatic N) is 2. The number of hydrogen-bond acceptors (Lipinski definition) is 6. The first-order valence-electron chi connectivity index (χ1n) is 12.1. The fourth-order valence-electron chi connectivity index (χ4n) is 3.92. The first-order chi connectivity index (χ1) is 18.4. The number of amides is 1. The van der Waals surface area contributed by atoms with Crippen molar-refractivity contribution >= 4 is 15.9 Å². The molecule has 1 unspecified atom stereocenters. The molecule has 8 nitrogen and oxygen atoms in total. The summed E-state index contributed by atoms with van der Waals surface area (Å²) in [5.74, 6) is -0.327. The highest BCUT2D eigenvalue weighted by atomic mass is 32.2. The van der Waals surface area contributed by atoms with Gasteiger partial charge >= 0.3 is 0 Å². The average Bonchev–Trinajstić information content (AvgIpc) is 2.96. The maximum absolute atomic E-state index is 13.6. The molecule has 1 atom stereocenters. The molecule has 1 amide bonds. The van der Waals surface area contributed by atoms with E-state index >= 15 is 0 Å². The van der Waals surface area contributed by atoms with Crippen LogP contribution < -0.4 is 11.1 Å². The number of pyridine rings is 1. The van der Waals surface area contributed by atoms with Gasteiger partial charge in [0.2, 0.25) is 10.0 Å². The SMILES string of the molecule is NCc1ccc(S(=O)(=O)N(Cc2ccc(C(=O)NCC(O)c3ccccc3)cc2)Cc2cccnc2)cc1. The first-order valence-corrected chi connectivity index (χ1v) is 13.6. The Labute approximate surface area is 222 Å². The van der Waals surface area contributed by atoms with E-state index in [0.29, 0.717) is 12.1 Å². The van der Waals surface area contributed by atoms with Crippen molar-refractivity contribution in [3.05, 3.63) is 131 Å². The molecule has 0 aliphatic rings. The molecule has 1 aromatic heterocycles. The normalized spacial score (nSPS) is 12.3. The predicted molar refractivity (Wildman–Crippen MR) is 145 cm³/mol. The number of nitrogens with two attached hydrogens (primary N) is 1. The number of hydrogen-bond donors (Lipinski definition) is 3. The molecule has 9 heteroatoms. The third-order valence-corrected chi connectivity index (χ3v) is 7.90. The van der Waals surface area contributed by atoms with Crippen molar-refractivity contribution < 1.29 is 18.3 Å². The van der Waals surface area contributed by atoms with Crippen LogP contribution in [0, 0.1) is 0 Å². The van der Waals surface area contributed by atoms with Crippen LogP contribution in [-0.2, 0) is 29.7 Å². The van der Waals surface area contributed by atoms with E-state index in [1.54, 1.807) is 79.1 Å². The number of benzene rings is 3. The molecule has 0 saturated carbocycles. The minimum Gasteiger partial charge on any atom is -0.387 e. The Morgan fingerprint density at radius 1 is 0.868 bits per heavy atom. The molecule has 0 fully saturated rings. The van der Waals surface area contributed by atoms with Gasteiger partial charge in [-0.1, -0.05) is 60.7 Å². The minimum atomic E-state index is -3.84. The van der Waals surface area contributed by atoms with Gasteiger partial charge in [0, 0.05) is 44.1 Å². The van der Waals surface area contributed by atoms with Gasteiger partial charge in [0.25, 0.3) is 5.91 Å². The quantitative estimate of drug-likeness (QED) is 0.273. The van der Waals surface area contributed by atoms with Gasteiger partial charge in [-0.25, -0.2) is 8.42 Å². The summed E-state index contributed by atoms with van der Waals surface area (Å²) in [7, 11) is -3.84. The summed E-state index contributed by atoms with van der Waals surface area (Å²) in [6, 6.07) is 26.0. The molecule has 38 heavy (non-hydrogen) atoms. The molecule has 3 aromatic carbocycles. The smallest absolute Gasteiger partial charge is 0.251 e. The Hall–Kier alpha value is -3.89. The molecule has 0 spiro atoms. The molecule has 0 aliphatic carbocycles. The van der Waals surface area contributed by atoms with E-state index in [1.807, 2.05) is 24.3 Å². The molecule has 0 aliphatic heterocycles. The van der Waals surface area contributed by atoms with Crippen LogP contribution in [0.2, 0.25) is 0 Å². The number of carbonyl (C=O) groups excluding carboxylic acids is 1. The monoisotopic (exact) mass is 530 g/mol. The van der Waals surface area contributed by atoms with Crippen LogP contribution in [0.3, 0.4) is 0 Å². The van der Waals surface area contributed by atoms with E-state index in [9.17, 15) is 18.3 Å². The highest BCUT2D eigenvalue weighted by molar-refractivity contribution is 7.89. The van der Waals surface area contributed by atoms with Crippen LogP contribution in [-0.4, -0.2) is 35.3 Å². The lowest BCUT2D eigenvalue weighted by Gasteiger charge is -2.23. The van der Waals surface area contributed by atoms with Crippen molar-refractivity contribution in [2.75, 3.05) is 6.54 Å². The number of aromatic nitrogens is 1. The lowest BCUT2D eigenvalue weighted by atomic mass is 10.1. The topological polar surface area (TPSA) is 126 Å². The zero-order chi connectivity index (χ0) is 27.0. The Morgan fingerprint density at radius 2 is 1.53 bits per heavy atom. The molecule has 1 heterocycles. The number of sulfonamides is 1. The van der Waals surface area contributed by atoms with Gasteiger partial charge in [-0.15, -0.1) is 0 Å². The van der Waals surface area contributed by atoms with Crippen molar-refractivity contribution in [1.29, 1.82) is 0 Å². The van der Waals surface area contributed by atoms with E-state index < -0.39 is 16.1 Å². The molecule has 0 radical (unpaired) electrons. The molecular weight excluding hydrogens is 500 g/mol. The highest BCUT2D eigenvalue weighted by Crippen LogP contribution is 2.22. The van der Waals surface area contributed by atoms with Crippen LogP contribution in [0.15, 0.2) is 108 Å². The summed E-state index contributed by atoms with van der Waals surface area (Å²) >= 11 is 0. The van der Waals surface area contributed by atoms with E-state index in [2.05, 4.69) is 10.3 Å². The fourth-order valence-corrected chi connectivity index (χ4v) is 5.33. The van der Waals surface area contributed by atoms with Crippen LogP contribution in [0.1, 0.15) is 38.7 Å². The zero-order valence-corrected chi connectivity index (χ0v) is 21.6. The largest absolute Gasteiger partial charge is 0.387 e. The van der Waals surface area contributed by atoms with Crippen LogP contribution in [0.25, 0.3) is 0 Å². The Bertz CT molecular complexity index is 1430. The van der Waals surface area contributed by atoms with Gasteiger partial charge in [-0.05, 0) is 52.6 Å². The molecule has 196 valence electrons. The summed E-state index contributed by atoms with van der Waals surface area (Å²) in [4.78, 5) is 16.9. The van der Waals surface area contributed by atoms with Crippen LogP contribution in [0.4, 0.5) is 0 Å². The van der Waals surface area contributed by atoms with Crippen molar-refractivity contribution in [2.45, 2.75) is 30.6 Å². The van der Waals surface area contributed by atoms with Gasteiger partial charge in [0.15, 0.2) is 0 Å². The van der Waals surface area contributed by atoms with E-state index in [0.717, 1.165) is 22.3 Å². The van der Waals surface area contributed by atoms with Gasteiger partial charge < -0.3 is 16.2 Å². The molecule has 0 bridgehead atoms. The van der Waals surface area contributed by atoms with E-state index in [1.165, 1.54) is 4.31 Å². The Kier molecular flexibility index (Phi) is 8.98. The molecule has 4 aromatic rings. The number of rotatable bonds is 11. The average molecular weight is 531 g/mol. The van der Waals surface area contributed by atoms with Crippen molar-refractivity contribution in [3.63, 3.8) is 0 Å². The molecule has 0 saturated heterocycles. The maximum Gasteiger partial charge on any atom is 0.251 e. The van der Waals surface area contributed by atoms with Crippen LogP contribution in [0.5, 0.6) is 0 Å². The third-order valence-electron chi connectivity index (χ3n) is 6.09. The summed E-state index contributed by atoms with van der Waals surface area (Å²) in [5.41, 5.74) is 9.10. The second-order valence-electron chi connectivity index (χ2n) is 8.82. The van der Waals surface area contributed by atoms with Crippen molar-refractivity contribution in [3.8, 4) is 0 Å². The first kappa shape index (κ1) is 27.2. The second-order valence-corrected chi connectivity index (χ2v) is 10.8. The van der Waals surface area contributed by atoms with Gasteiger partial charge in [-0.2, -0.15) is 4.31 Å². The number of nitrogens with one attached hydrogen (secondary N) is 1. The van der Waals surface area contributed by atoms with Crippen molar-refractivity contribution in [2.24, 2.45) is 5.73 Å². The summed E-state index contributed by atoms with van der Waals surface area (Å²) in [5, 5.41) is 13.0. The van der Waals surface area contributed by atoms with Crippen LogP contribution >= 0.6 is 0 Å².